The average Bonchev–Trinajstić information content (AvgIpc) is 1.85. The van der Waals surface area contributed by atoms with Crippen molar-refractivity contribution in [1.82, 2.24) is 5.43 Å². The number of rotatable bonds is 6. The van der Waals surface area contributed by atoms with Gasteiger partial charge in [-0.15, -0.1) is 0 Å². The van der Waals surface area contributed by atoms with E-state index in [0.717, 1.165) is 6.54 Å². The molecule has 0 aromatic rings. The summed E-state index contributed by atoms with van der Waals surface area (Å²) in [4.78, 5) is 10.2. The third kappa shape index (κ3) is 6.09. The van der Waals surface area contributed by atoms with Crippen molar-refractivity contribution < 1.29 is 14.5 Å². The Bertz CT molecular complexity index is 148. The van der Waals surface area contributed by atoms with Crippen molar-refractivity contribution in [2.45, 2.75) is 6.42 Å². The first-order valence-corrected chi connectivity index (χ1v) is 3.98. The standard InChI is InChI=1S/C7H17N3O2/c1-10(2,6-4-8)9-5-3-7(11)12/h9H,3-6,8H2,1-2H3/p+1. The van der Waals surface area contributed by atoms with Gasteiger partial charge in [-0.05, 0) is 0 Å². The lowest BCUT2D eigenvalue weighted by Gasteiger charge is -2.28. The molecule has 4 N–H and O–H groups in total. The summed E-state index contributed by atoms with van der Waals surface area (Å²) in [7, 11) is 3.91. The number of likely N-dealkylation sites (N-methyl/N-ethyl adjacent to an activating group) is 1. The van der Waals surface area contributed by atoms with Gasteiger partial charge in [0.15, 0.2) is 0 Å². The van der Waals surface area contributed by atoms with Crippen LogP contribution in [0.1, 0.15) is 6.42 Å². The molecular weight excluding hydrogens is 158 g/mol. The third-order valence-electron chi connectivity index (χ3n) is 1.57. The highest BCUT2D eigenvalue weighted by atomic mass is 16.4. The Morgan fingerprint density at radius 1 is 1.58 bits per heavy atom. The Balaban J connectivity index is 3.53. The van der Waals surface area contributed by atoms with Gasteiger partial charge in [-0.2, -0.15) is 5.43 Å². The van der Waals surface area contributed by atoms with Crippen LogP contribution in [0.2, 0.25) is 0 Å². The number of hydrogen-bond donors (Lipinski definition) is 3. The van der Waals surface area contributed by atoms with E-state index in [4.69, 9.17) is 10.8 Å². The zero-order valence-electron chi connectivity index (χ0n) is 7.71. The van der Waals surface area contributed by atoms with Crippen molar-refractivity contribution >= 4 is 5.97 Å². The van der Waals surface area contributed by atoms with Gasteiger partial charge < -0.3 is 10.8 Å². The summed E-state index contributed by atoms with van der Waals surface area (Å²) >= 11 is 0. The molecule has 0 aromatic heterocycles. The van der Waals surface area contributed by atoms with E-state index in [1.165, 1.54) is 0 Å². The molecule has 0 saturated heterocycles. The fraction of sp³-hybridized carbons (Fsp3) is 0.857. The number of aliphatic carboxylic acids is 1. The average molecular weight is 176 g/mol. The molecule has 0 atom stereocenters. The molecule has 72 valence electrons. The van der Waals surface area contributed by atoms with E-state index < -0.39 is 5.97 Å². The number of carboxylic acid groups (broad SMARTS) is 1. The fourth-order valence-corrected chi connectivity index (χ4v) is 0.867. The smallest absolute Gasteiger partial charge is 0.304 e. The van der Waals surface area contributed by atoms with Crippen molar-refractivity contribution in [3.05, 3.63) is 0 Å². The zero-order valence-corrected chi connectivity index (χ0v) is 7.71. The SMILES string of the molecule is C[N+](C)(CCN)NCCC(=O)O. The molecule has 5 heteroatoms. The predicted octanol–water partition coefficient (Wildman–Crippen LogP) is -0.999. The van der Waals surface area contributed by atoms with Gasteiger partial charge in [0.2, 0.25) is 0 Å². The molecular formula is C7H18N3O2+. The summed E-state index contributed by atoms with van der Waals surface area (Å²) in [5.41, 5.74) is 8.44. The van der Waals surface area contributed by atoms with Crippen LogP contribution in [0.15, 0.2) is 0 Å². The van der Waals surface area contributed by atoms with E-state index >= 15 is 0 Å². The first kappa shape index (κ1) is 11.4. The van der Waals surface area contributed by atoms with Crippen LogP contribution in [0.5, 0.6) is 0 Å². The minimum absolute atomic E-state index is 0.145. The number of nitrogens with one attached hydrogen (secondary N) is 1. The fourth-order valence-electron chi connectivity index (χ4n) is 0.867. The molecule has 0 spiro atoms. The molecule has 0 bridgehead atoms. The summed E-state index contributed by atoms with van der Waals surface area (Å²) < 4.78 is 0.559. The van der Waals surface area contributed by atoms with Crippen molar-refractivity contribution in [2.24, 2.45) is 5.73 Å². The molecule has 0 aliphatic heterocycles. The van der Waals surface area contributed by atoms with Gasteiger partial charge >= 0.3 is 5.97 Å². The predicted molar refractivity (Wildman–Crippen MR) is 46.3 cm³/mol. The Kier molecular flexibility index (Phi) is 4.80. The number of nitrogens with zero attached hydrogens (tertiary/aromatic N) is 1. The largest absolute Gasteiger partial charge is 0.481 e. The van der Waals surface area contributed by atoms with Crippen LogP contribution in [-0.4, -0.2) is 49.4 Å². The van der Waals surface area contributed by atoms with Crippen molar-refractivity contribution in [2.75, 3.05) is 33.7 Å². The number of carbonyl (C=O) groups is 1. The molecule has 0 rings (SSSR count). The summed E-state index contributed by atoms with van der Waals surface area (Å²) in [6.45, 7) is 1.86. The van der Waals surface area contributed by atoms with Crippen molar-refractivity contribution in [3.63, 3.8) is 0 Å². The minimum Gasteiger partial charge on any atom is -0.481 e. The Morgan fingerprint density at radius 2 is 2.17 bits per heavy atom. The quantitative estimate of drug-likeness (QED) is 0.358. The lowest BCUT2D eigenvalue weighted by molar-refractivity contribution is -0.932. The number of quaternary nitrogens is 1. The zero-order chi connectivity index (χ0) is 9.61. The Labute approximate surface area is 72.7 Å². The van der Waals surface area contributed by atoms with E-state index in [9.17, 15) is 4.79 Å². The summed E-state index contributed by atoms with van der Waals surface area (Å²) in [6.07, 6.45) is 0.145. The molecule has 0 aliphatic carbocycles. The van der Waals surface area contributed by atoms with Gasteiger partial charge in [0.1, 0.15) is 6.54 Å². The molecule has 12 heavy (non-hydrogen) atoms. The van der Waals surface area contributed by atoms with E-state index in [1.807, 2.05) is 14.1 Å². The summed E-state index contributed by atoms with van der Waals surface area (Å²) in [5.74, 6) is -0.782. The van der Waals surface area contributed by atoms with E-state index in [2.05, 4.69) is 5.43 Å². The van der Waals surface area contributed by atoms with Crippen molar-refractivity contribution in [3.8, 4) is 0 Å². The molecule has 0 aliphatic rings. The van der Waals surface area contributed by atoms with Crippen LogP contribution in [0, 0.1) is 0 Å². The first-order valence-electron chi connectivity index (χ1n) is 3.98. The van der Waals surface area contributed by atoms with E-state index in [1.54, 1.807) is 0 Å². The lowest BCUT2D eigenvalue weighted by atomic mass is 10.4. The number of nitrogens with two attached hydrogens (primary N) is 1. The van der Waals surface area contributed by atoms with Crippen LogP contribution in [-0.2, 0) is 4.79 Å². The minimum atomic E-state index is -0.782. The number of hydrogen-bond acceptors (Lipinski definition) is 3. The maximum absolute atomic E-state index is 10.2. The second kappa shape index (κ2) is 5.08. The topological polar surface area (TPSA) is 75.3 Å². The highest BCUT2D eigenvalue weighted by Gasteiger charge is 2.12. The van der Waals surface area contributed by atoms with E-state index in [0.29, 0.717) is 17.7 Å². The van der Waals surface area contributed by atoms with Gasteiger partial charge in [-0.1, -0.05) is 0 Å². The molecule has 0 unspecified atom stereocenters. The van der Waals surface area contributed by atoms with Crippen molar-refractivity contribution in [1.29, 1.82) is 0 Å². The molecule has 0 radical (unpaired) electrons. The van der Waals surface area contributed by atoms with Gasteiger partial charge in [-0.25, -0.2) is 4.59 Å². The lowest BCUT2D eigenvalue weighted by Crippen LogP contribution is -2.54. The van der Waals surface area contributed by atoms with Crippen LogP contribution in [0.4, 0.5) is 0 Å². The second-order valence-electron chi connectivity index (χ2n) is 3.25. The molecule has 5 nitrogen and oxygen atoms in total. The van der Waals surface area contributed by atoms with E-state index in [-0.39, 0.29) is 6.42 Å². The molecule has 0 amide bonds. The Hall–Kier alpha value is -0.650. The monoisotopic (exact) mass is 176 g/mol. The maximum Gasteiger partial charge on any atom is 0.304 e. The maximum atomic E-state index is 10.2. The highest BCUT2D eigenvalue weighted by molar-refractivity contribution is 5.66. The van der Waals surface area contributed by atoms with Crippen LogP contribution >= 0.6 is 0 Å². The van der Waals surface area contributed by atoms with Gasteiger partial charge in [0, 0.05) is 6.54 Å². The van der Waals surface area contributed by atoms with Crippen LogP contribution in [0.3, 0.4) is 0 Å². The molecule has 0 fully saturated rings. The van der Waals surface area contributed by atoms with Crippen LogP contribution in [0.25, 0.3) is 0 Å². The second-order valence-corrected chi connectivity index (χ2v) is 3.25. The van der Waals surface area contributed by atoms with Crippen LogP contribution < -0.4 is 11.2 Å². The molecule has 0 saturated carbocycles. The van der Waals surface area contributed by atoms with Gasteiger partial charge in [-0.3, -0.25) is 4.79 Å². The van der Waals surface area contributed by atoms with Gasteiger partial charge in [0.05, 0.1) is 27.1 Å². The number of carboxylic acids is 1. The summed E-state index contributed by atoms with van der Waals surface area (Å²) in [5, 5.41) is 8.37. The first-order chi connectivity index (χ1) is 5.48. The summed E-state index contributed by atoms with van der Waals surface area (Å²) in [6, 6.07) is 0. The van der Waals surface area contributed by atoms with Gasteiger partial charge in [0.25, 0.3) is 0 Å². The third-order valence-corrected chi connectivity index (χ3v) is 1.57. The molecule has 0 aromatic carbocycles. The highest BCUT2D eigenvalue weighted by Crippen LogP contribution is 1.88. The normalized spacial score (nSPS) is 11.6. The molecule has 0 heterocycles. The Morgan fingerprint density at radius 3 is 2.58 bits per heavy atom.